The Hall–Kier alpha value is -1.11. The largest absolute Gasteiger partial charge is 0.343 e. The highest BCUT2D eigenvalue weighted by molar-refractivity contribution is 7.89. The van der Waals surface area contributed by atoms with Gasteiger partial charge in [-0.3, -0.25) is 4.79 Å². The molecule has 0 saturated heterocycles. The zero-order valence-corrected chi connectivity index (χ0v) is 16.6. The van der Waals surface area contributed by atoms with Crippen LogP contribution in [-0.2, 0) is 14.8 Å². The zero-order chi connectivity index (χ0) is 18.5. The van der Waals surface area contributed by atoms with Crippen molar-refractivity contribution in [2.75, 3.05) is 27.2 Å². The summed E-state index contributed by atoms with van der Waals surface area (Å²) >= 11 is 5.94. The lowest BCUT2D eigenvalue weighted by Crippen LogP contribution is -2.38. The maximum Gasteiger partial charge on any atom is 0.223 e. The van der Waals surface area contributed by atoms with Crippen LogP contribution in [0, 0.1) is 0 Å². The van der Waals surface area contributed by atoms with Crippen LogP contribution in [0.3, 0.4) is 0 Å². The lowest BCUT2D eigenvalue weighted by Gasteiger charge is -2.29. The molecule has 0 fully saturated rings. The molecule has 0 unspecified atom stereocenters. The SMILES string of the molecule is CCN(CC)C(=O)C[C@H](c1ccc(Cl)cc1)[C@H](C)S(=O)(=O)N(C)C. The van der Waals surface area contributed by atoms with Crippen LogP contribution in [0.1, 0.15) is 38.7 Å². The molecule has 0 heterocycles. The summed E-state index contributed by atoms with van der Waals surface area (Å²) in [5.41, 5.74) is 0.804. The van der Waals surface area contributed by atoms with Gasteiger partial charge in [-0.2, -0.15) is 0 Å². The van der Waals surface area contributed by atoms with E-state index in [0.717, 1.165) is 5.56 Å². The lowest BCUT2D eigenvalue weighted by molar-refractivity contribution is -0.131. The van der Waals surface area contributed by atoms with Gasteiger partial charge in [-0.25, -0.2) is 12.7 Å². The number of nitrogens with zero attached hydrogens (tertiary/aromatic N) is 2. The van der Waals surface area contributed by atoms with Gasteiger partial charge in [-0.1, -0.05) is 23.7 Å². The second-order valence-corrected chi connectivity index (χ2v) is 8.90. The summed E-state index contributed by atoms with van der Waals surface area (Å²) in [6.07, 6.45) is 0.150. The van der Waals surface area contributed by atoms with Gasteiger partial charge < -0.3 is 4.90 Å². The van der Waals surface area contributed by atoms with E-state index in [0.29, 0.717) is 18.1 Å². The molecule has 0 radical (unpaired) electrons. The van der Waals surface area contributed by atoms with Crippen molar-refractivity contribution in [3.05, 3.63) is 34.9 Å². The first-order chi connectivity index (χ1) is 11.1. The molecule has 136 valence electrons. The van der Waals surface area contributed by atoms with Gasteiger partial charge in [0.1, 0.15) is 0 Å². The number of rotatable bonds is 8. The van der Waals surface area contributed by atoms with E-state index in [4.69, 9.17) is 11.6 Å². The molecular weight excluding hydrogens is 348 g/mol. The Morgan fingerprint density at radius 2 is 1.62 bits per heavy atom. The van der Waals surface area contributed by atoms with Crippen molar-refractivity contribution in [3.63, 3.8) is 0 Å². The van der Waals surface area contributed by atoms with Crippen molar-refractivity contribution in [1.82, 2.24) is 9.21 Å². The van der Waals surface area contributed by atoms with Gasteiger partial charge >= 0.3 is 0 Å². The predicted octanol–water partition coefficient (Wildman–Crippen LogP) is 2.96. The molecule has 1 amide bonds. The average Bonchev–Trinajstić information content (AvgIpc) is 2.53. The van der Waals surface area contributed by atoms with E-state index in [9.17, 15) is 13.2 Å². The summed E-state index contributed by atoms with van der Waals surface area (Å²) in [6, 6.07) is 7.04. The maximum absolute atomic E-state index is 12.6. The summed E-state index contributed by atoms with van der Waals surface area (Å²) in [6.45, 7) is 6.70. The van der Waals surface area contributed by atoms with Crippen LogP contribution in [0.2, 0.25) is 5.02 Å². The van der Waals surface area contributed by atoms with Crippen LogP contribution in [0.5, 0.6) is 0 Å². The minimum absolute atomic E-state index is 0.0410. The monoisotopic (exact) mass is 374 g/mol. The summed E-state index contributed by atoms with van der Waals surface area (Å²) < 4.78 is 26.4. The van der Waals surface area contributed by atoms with Gasteiger partial charge in [0.15, 0.2) is 0 Å². The molecule has 0 N–H and O–H groups in total. The van der Waals surface area contributed by atoms with Crippen LogP contribution in [-0.4, -0.2) is 56.0 Å². The van der Waals surface area contributed by atoms with E-state index >= 15 is 0 Å². The third-order valence-corrected chi connectivity index (χ3v) is 6.89. The molecule has 0 aliphatic carbocycles. The fourth-order valence-electron chi connectivity index (χ4n) is 2.70. The number of carbonyl (C=O) groups is 1. The van der Waals surface area contributed by atoms with E-state index in [1.54, 1.807) is 36.1 Å². The third kappa shape index (κ3) is 4.94. The first-order valence-electron chi connectivity index (χ1n) is 8.09. The summed E-state index contributed by atoms with van der Waals surface area (Å²) in [5.74, 6) is -0.469. The summed E-state index contributed by atoms with van der Waals surface area (Å²) in [4.78, 5) is 14.3. The van der Waals surface area contributed by atoms with E-state index in [1.807, 2.05) is 13.8 Å². The molecule has 0 bridgehead atoms. The Morgan fingerprint density at radius 1 is 1.12 bits per heavy atom. The van der Waals surface area contributed by atoms with Crippen molar-refractivity contribution in [2.24, 2.45) is 0 Å². The number of benzene rings is 1. The van der Waals surface area contributed by atoms with Crippen LogP contribution >= 0.6 is 11.6 Å². The minimum atomic E-state index is -3.49. The first-order valence-corrected chi connectivity index (χ1v) is 9.97. The highest BCUT2D eigenvalue weighted by Gasteiger charge is 2.34. The molecular formula is C17H27ClN2O3S. The number of sulfonamides is 1. The predicted molar refractivity (Wildman–Crippen MR) is 98.8 cm³/mol. The highest BCUT2D eigenvalue weighted by Crippen LogP contribution is 2.30. The van der Waals surface area contributed by atoms with Gasteiger partial charge in [-0.15, -0.1) is 0 Å². The van der Waals surface area contributed by atoms with E-state index in [-0.39, 0.29) is 12.3 Å². The van der Waals surface area contributed by atoms with Crippen LogP contribution in [0.25, 0.3) is 0 Å². The quantitative estimate of drug-likeness (QED) is 0.702. The van der Waals surface area contributed by atoms with E-state index < -0.39 is 21.2 Å². The summed E-state index contributed by atoms with van der Waals surface area (Å²) in [5, 5.41) is -0.135. The fourth-order valence-corrected chi connectivity index (χ4v) is 4.16. The van der Waals surface area contributed by atoms with Gasteiger partial charge in [0.2, 0.25) is 15.9 Å². The Kier molecular flexibility index (Phi) is 7.70. The number of hydrogen-bond donors (Lipinski definition) is 0. The van der Waals surface area contributed by atoms with E-state index in [1.165, 1.54) is 18.4 Å². The standard InChI is InChI=1S/C17H27ClN2O3S/c1-6-20(7-2)17(21)12-16(13(3)24(22,23)19(4)5)14-8-10-15(18)11-9-14/h8-11,13,16H,6-7,12H2,1-5H3/t13-,16-/m0/s1. The molecule has 1 aromatic carbocycles. The minimum Gasteiger partial charge on any atom is -0.343 e. The normalized spacial score (nSPS) is 14.5. The van der Waals surface area contributed by atoms with Gasteiger partial charge in [-0.05, 0) is 38.5 Å². The number of carbonyl (C=O) groups excluding carboxylic acids is 1. The summed E-state index contributed by atoms with van der Waals surface area (Å²) in [7, 11) is -0.468. The van der Waals surface area contributed by atoms with Crippen molar-refractivity contribution in [1.29, 1.82) is 0 Å². The molecule has 7 heteroatoms. The Morgan fingerprint density at radius 3 is 2.04 bits per heavy atom. The number of amides is 1. The fraction of sp³-hybridized carbons (Fsp3) is 0.588. The third-order valence-electron chi connectivity index (χ3n) is 4.35. The second-order valence-electron chi connectivity index (χ2n) is 5.96. The Bertz CT molecular complexity index is 640. The smallest absolute Gasteiger partial charge is 0.223 e. The van der Waals surface area contributed by atoms with Crippen molar-refractivity contribution >= 4 is 27.5 Å². The Balaban J connectivity index is 3.22. The van der Waals surface area contributed by atoms with Crippen LogP contribution < -0.4 is 0 Å². The van der Waals surface area contributed by atoms with E-state index in [2.05, 4.69) is 0 Å². The molecule has 1 aromatic rings. The molecule has 1 rings (SSSR count). The lowest BCUT2D eigenvalue weighted by atomic mass is 9.92. The number of halogens is 1. The van der Waals surface area contributed by atoms with Gasteiger partial charge in [0.25, 0.3) is 0 Å². The first kappa shape index (κ1) is 20.9. The second kappa shape index (κ2) is 8.83. The molecule has 0 aromatic heterocycles. The topological polar surface area (TPSA) is 57.7 Å². The average molecular weight is 375 g/mol. The molecule has 0 aliphatic heterocycles. The van der Waals surface area contributed by atoms with Crippen molar-refractivity contribution in [3.8, 4) is 0 Å². The molecule has 5 nitrogen and oxygen atoms in total. The van der Waals surface area contributed by atoms with Gasteiger partial charge in [0.05, 0.1) is 5.25 Å². The maximum atomic E-state index is 12.6. The molecule has 2 atom stereocenters. The molecule has 0 spiro atoms. The molecule has 0 aliphatic rings. The van der Waals surface area contributed by atoms with Crippen LogP contribution in [0.4, 0.5) is 0 Å². The van der Waals surface area contributed by atoms with Crippen molar-refractivity contribution < 1.29 is 13.2 Å². The van der Waals surface area contributed by atoms with Crippen LogP contribution in [0.15, 0.2) is 24.3 Å². The Labute approximate surface area is 150 Å². The molecule has 0 saturated carbocycles. The number of hydrogen-bond acceptors (Lipinski definition) is 3. The van der Waals surface area contributed by atoms with Crippen molar-refractivity contribution in [2.45, 2.75) is 38.4 Å². The van der Waals surface area contributed by atoms with Gasteiger partial charge in [0, 0.05) is 44.5 Å². The highest BCUT2D eigenvalue weighted by atomic mass is 35.5. The zero-order valence-electron chi connectivity index (χ0n) is 15.0. The molecule has 24 heavy (non-hydrogen) atoms.